The molecule has 0 aromatic heterocycles. The van der Waals surface area contributed by atoms with Gasteiger partial charge in [-0.3, -0.25) is 9.69 Å². The van der Waals surface area contributed by atoms with Crippen molar-refractivity contribution in [2.75, 3.05) is 16.3 Å². The maximum Gasteiger partial charge on any atom is 0.274 e. The van der Waals surface area contributed by atoms with Crippen molar-refractivity contribution in [3.63, 3.8) is 0 Å². The number of rotatable bonds is 3. The van der Waals surface area contributed by atoms with E-state index in [-0.39, 0.29) is 5.91 Å². The van der Waals surface area contributed by atoms with Crippen LogP contribution < -0.4 is 9.80 Å². The molecule has 2 heterocycles. The number of carbonyl (C=O) groups excluding carboxylic acids is 1. The van der Waals surface area contributed by atoms with E-state index in [1.165, 1.54) is 27.8 Å². The lowest BCUT2D eigenvalue weighted by atomic mass is 10.1. The van der Waals surface area contributed by atoms with Crippen molar-refractivity contribution in [1.29, 1.82) is 0 Å². The normalized spacial score (nSPS) is 19.0. The van der Waals surface area contributed by atoms with Crippen LogP contribution in [0.4, 0.5) is 17.1 Å². The van der Waals surface area contributed by atoms with Gasteiger partial charge < -0.3 is 4.90 Å². The number of carbonyl (C=O) groups is 1. The van der Waals surface area contributed by atoms with Crippen LogP contribution in [0.2, 0.25) is 0 Å². The van der Waals surface area contributed by atoms with Crippen molar-refractivity contribution in [2.45, 2.75) is 32.6 Å². The molecule has 1 amide bonds. The van der Waals surface area contributed by atoms with Crippen molar-refractivity contribution in [2.24, 2.45) is 4.99 Å². The lowest BCUT2D eigenvalue weighted by Gasteiger charge is -2.19. The highest BCUT2D eigenvalue weighted by Gasteiger charge is 2.40. The van der Waals surface area contributed by atoms with Gasteiger partial charge in [-0.1, -0.05) is 47.7 Å². The molecule has 33 heavy (non-hydrogen) atoms. The summed E-state index contributed by atoms with van der Waals surface area (Å²) in [6, 6.07) is 22.5. The second-order valence-corrected chi connectivity index (χ2v) is 10.2. The van der Waals surface area contributed by atoms with Crippen LogP contribution in [0, 0.1) is 20.8 Å². The quantitative estimate of drug-likeness (QED) is 0.379. The van der Waals surface area contributed by atoms with E-state index in [1.54, 1.807) is 16.7 Å². The van der Waals surface area contributed by atoms with Crippen LogP contribution in [-0.2, 0) is 4.79 Å². The maximum absolute atomic E-state index is 13.8. The summed E-state index contributed by atoms with van der Waals surface area (Å²) in [6.45, 7) is 9.14. The first kappa shape index (κ1) is 21.9. The molecular weight excluding hydrogens is 446 g/mol. The smallest absolute Gasteiger partial charge is 0.274 e. The average Bonchev–Trinajstić information content (AvgIpc) is 3.34. The van der Waals surface area contributed by atoms with Crippen LogP contribution in [0.5, 0.6) is 0 Å². The summed E-state index contributed by atoms with van der Waals surface area (Å²) in [7, 11) is 0. The Morgan fingerprint density at radius 3 is 2.36 bits per heavy atom. The molecule has 5 rings (SSSR count). The third kappa shape index (κ3) is 3.98. The monoisotopic (exact) mass is 471 g/mol. The van der Waals surface area contributed by atoms with Crippen LogP contribution in [0.25, 0.3) is 0 Å². The van der Waals surface area contributed by atoms with E-state index < -0.39 is 0 Å². The number of aliphatic imine (C=N–C) groups is 1. The number of fused-ring (bicyclic) bond motifs is 1. The number of amidine groups is 1. The van der Waals surface area contributed by atoms with Gasteiger partial charge in [-0.25, -0.2) is 4.99 Å². The van der Waals surface area contributed by atoms with Crippen molar-refractivity contribution in [3.8, 4) is 0 Å². The predicted molar refractivity (Wildman–Crippen MR) is 142 cm³/mol. The lowest BCUT2D eigenvalue weighted by molar-refractivity contribution is -0.113. The van der Waals surface area contributed by atoms with Crippen LogP contribution in [0.3, 0.4) is 0 Å². The molecule has 3 aromatic rings. The van der Waals surface area contributed by atoms with E-state index >= 15 is 0 Å². The van der Waals surface area contributed by atoms with E-state index in [0.717, 1.165) is 39.1 Å². The minimum Gasteiger partial charge on any atom is -0.334 e. The zero-order valence-electron chi connectivity index (χ0n) is 19.1. The Hall–Kier alpha value is -2.96. The molecule has 0 saturated carbocycles. The van der Waals surface area contributed by atoms with E-state index in [9.17, 15) is 4.79 Å². The Kier molecular flexibility index (Phi) is 5.81. The third-order valence-corrected chi connectivity index (χ3v) is 8.25. The van der Waals surface area contributed by atoms with Crippen LogP contribution in [0.1, 0.15) is 23.6 Å². The number of thioether (sulfide) groups is 2. The van der Waals surface area contributed by atoms with Crippen molar-refractivity contribution < 1.29 is 4.79 Å². The molecular formula is C27H25N3OS2. The summed E-state index contributed by atoms with van der Waals surface area (Å²) < 4.78 is 0. The van der Waals surface area contributed by atoms with Crippen LogP contribution in [-0.4, -0.2) is 17.6 Å². The molecule has 4 nitrogen and oxygen atoms in total. The third-order valence-electron chi connectivity index (χ3n) is 5.91. The summed E-state index contributed by atoms with van der Waals surface area (Å²) in [6.07, 6.45) is 0. The van der Waals surface area contributed by atoms with Gasteiger partial charge in [0.05, 0.1) is 17.1 Å². The van der Waals surface area contributed by atoms with Crippen molar-refractivity contribution in [1.82, 2.24) is 0 Å². The van der Waals surface area contributed by atoms with Gasteiger partial charge in [0.1, 0.15) is 9.93 Å². The highest BCUT2D eigenvalue weighted by molar-refractivity contribution is 8.20. The number of nitrogens with zero attached hydrogens (tertiary/aromatic N) is 3. The van der Waals surface area contributed by atoms with E-state index in [4.69, 9.17) is 4.99 Å². The van der Waals surface area contributed by atoms with Gasteiger partial charge >= 0.3 is 0 Å². The topological polar surface area (TPSA) is 35.9 Å². The Morgan fingerprint density at radius 1 is 0.879 bits per heavy atom. The maximum atomic E-state index is 13.8. The van der Waals surface area contributed by atoms with Gasteiger partial charge in [-0.05, 0) is 87.0 Å². The van der Waals surface area contributed by atoms with Crippen LogP contribution in [0.15, 0.2) is 86.6 Å². The molecule has 2 aliphatic rings. The molecule has 3 aromatic carbocycles. The summed E-state index contributed by atoms with van der Waals surface area (Å²) in [5.74, 6) is -0.0276. The SMILES string of the molecule is CCN1C(=C2SC(=Nc3ccc(C)c(C)c3)N(c3ccc(C)cc3)C2=O)Sc2ccccc21. The van der Waals surface area contributed by atoms with Crippen molar-refractivity contribution >= 4 is 51.7 Å². The molecule has 1 fully saturated rings. The first-order valence-electron chi connectivity index (χ1n) is 11.0. The van der Waals surface area contributed by atoms with Gasteiger partial charge in [-0.15, -0.1) is 0 Å². The molecule has 0 N–H and O–H groups in total. The minimum atomic E-state index is -0.0276. The molecule has 0 atom stereocenters. The summed E-state index contributed by atoms with van der Waals surface area (Å²) >= 11 is 3.13. The molecule has 0 bridgehead atoms. The summed E-state index contributed by atoms with van der Waals surface area (Å²) in [5, 5.41) is 1.67. The van der Waals surface area contributed by atoms with Gasteiger partial charge in [0.15, 0.2) is 5.17 Å². The Morgan fingerprint density at radius 2 is 1.64 bits per heavy atom. The predicted octanol–water partition coefficient (Wildman–Crippen LogP) is 7.18. The zero-order valence-corrected chi connectivity index (χ0v) is 20.8. The molecule has 1 saturated heterocycles. The number of hydrogen-bond acceptors (Lipinski definition) is 5. The highest BCUT2D eigenvalue weighted by atomic mass is 32.2. The van der Waals surface area contributed by atoms with Gasteiger partial charge in [0.25, 0.3) is 5.91 Å². The second-order valence-electron chi connectivity index (χ2n) is 8.19. The minimum absolute atomic E-state index is 0.0276. The zero-order chi connectivity index (χ0) is 23.1. The lowest BCUT2D eigenvalue weighted by Crippen LogP contribution is -2.29. The number of para-hydroxylation sites is 1. The fraction of sp³-hybridized carbons (Fsp3) is 0.185. The Labute approximate surface area is 203 Å². The molecule has 0 spiro atoms. The summed E-state index contributed by atoms with van der Waals surface area (Å²) in [4.78, 5) is 24.7. The molecule has 166 valence electrons. The second kappa shape index (κ2) is 8.76. The molecule has 0 aliphatic carbocycles. The number of amides is 1. The van der Waals surface area contributed by atoms with Gasteiger partial charge in [-0.2, -0.15) is 0 Å². The molecule has 0 unspecified atom stereocenters. The molecule has 6 heteroatoms. The number of hydrogen-bond donors (Lipinski definition) is 0. The van der Waals surface area contributed by atoms with E-state index in [1.807, 2.05) is 49.4 Å². The standard InChI is InChI=1S/C27H25N3OS2/c1-5-29-22-8-6-7-9-23(22)32-26(29)24-25(31)30(21-14-10-17(2)11-15-21)27(33-24)28-20-13-12-18(3)19(4)16-20/h6-16H,5H2,1-4H3. The Balaban J connectivity index is 1.63. The number of aryl methyl sites for hydroxylation is 3. The van der Waals surface area contributed by atoms with Crippen LogP contribution >= 0.6 is 23.5 Å². The Bertz CT molecular complexity index is 1310. The first-order valence-corrected chi connectivity index (χ1v) is 12.6. The number of anilines is 2. The number of benzene rings is 3. The first-order chi connectivity index (χ1) is 16.0. The molecule has 2 aliphatic heterocycles. The van der Waals surface area contributed by atoms with E-state index in [0.29, 0.717) is 5.17 Å². The fourth-order valence-corrected chi connectivity index (χ4v) is 6.32. The fourth-order valence-electron chi connectivity index (χ4n) is 3.92. The largest absolute Gasteiger partial charge is 0.334 e. The van der Waals surface area contributed by atoms with E-state index in [2.05, 4.69) is 49.9 Å². The van der Waals surface area contributed by atoms with Gasteiger partial charge in [0.2, 0.25) is 0 Å². The van der Waals surface area contributed by atoms with Gasteiger partial charge in [0, 0.05) is 11.4 Å². The highest BCUT2D eigenvalue weighted by Crippen LogP contribution is 2.51. The molecule has 0 radical (unpaired) electrons. The average molecular weight is 472 g/mol. The van der Waals surface area contributed by atoms with Crippen molar-refractivity contribution in [3.05, 3.63) is 93.4 Å². The summed E-state index contributed by atoms with van der Waals surface area (Å²) in [5.41, 5.74) is 6.41.